The second-order valence-corrected chi connectivity index (χ2v) is 2.94. The first-order valence-corrected chi connectivity index (χ1v) is 4.66. The Bertz CT molecular complexity index is 27.3. The molecule has 0 aliphatic rings. The minimum absolute atomic E-state index is 0.0742. The fourth-order valence-electron chi connectivity index (χ4n) is 0.417. The van der Waals surface area contributed by atoms with Gasteiger partial charge in [0.15, 0.2) is 0 Å². The molecule has 0 spiro atoms. The van der Waals surface area contributed by atoms with Gasteiger partial charge in [-0.1, -0.05) is 0 Å². The third kappa shape index (κ3) is 6.48. The molecule has 7 heavy (non-hydrogen) atoms. The molecule has 2 heteroatoms. The molecule has 0 amide bonds. The number of rotatable bonds is 4. The van der Waals surface area contributed by atoms with E-state index >= 15 is 0 Å². The van der Waals surface area contributed by atoms with Crippen molar-refractivity contribution in [3.05, 3.63) is 0 Å². The molecule has 1 N–H and O–H groups in total. The van der Waals surface area contributed by atoms with Crippen molar-refractivity contribution in [2.45, 2.75) is 31.5 Å². The Morgan fingerprint density at radius 3 is 2.57 bits per heavy atom. The summed E-state index contributed by atoms with van der Waals surface area (Å²) < 4.78 is 8.36. The molecule has 0 bridgehead atoms. The normalized spacial score (nSPS) is 9.43. The van der Waals surface area contributed by atoms with Gasteiger partial charge >= 0.3 is 51.0 Å². The standard InChI is InChI=1S/C5H12OSe/c1-2-3-4-5-7-6/h6H,2-5H2,1H3. The Labute approximate surface area is 51.6 Å². The van der Waals surface area contributed by atoms with Gasteiger partial charge < -0.3 is 0 Å². The number of unbranched alkanes of at least 4 members (excludes halogenated alkanes) is 2. The van der Waals surface area contributed by atoms with Gasteiger partial charge in [0.2, 0.25) is 0 Å². The van der Waals surface area contributed by atoms with Gasteiger partial charge in [0.1, 0.15) is 0 Å². The fourth-order valence-corrected chi connectivity index (χ4v) is 1.12. The van der Waals surface area contributed by atoms with Gasteiger partial charge in [-0.25, -0.2) is 0 Å². The summed E-state index contributed by atoms with van der Waals surface area (Å²) in [6.45, 7) is 2.17. The van der Waals surface area contributed by atoms with E-state index in [2.05, 4.69) is 6.92 Å². The van der Waals surface area contributed by atoms with Gasteiger partial charge in [-0.15, -0.1) is 0 Å². The van der Waals surface area contributed by atoms with Crippen molar-refractivity contribution in [2.24, 2.45) is 0 Å². The molecule has 0 aromatic carbocycles. The first-order chi connectivity index (χ1) is 3.41. The van der Waals surface area contributed by atoms with Gasteiger partial charge in [0.25, 0.3) is 0 Å². The van der Waals surface area contributed by atoms with Gasteiger partial charge in [-0.05, 0) is 0 Å². The monoisotopic (exact) mass is 168 g/mol. The van der Waals surface area contributed by atoms with Crippen molar-refractivity contribution < 1.29 is 4.19 Å². The summed E-state index contributed by atoms with van der Waals surface area (Å²) in [4.78, 5) is 0. The second kappa shape index (κ2) is 6.48. The molecule has 0 aliphatic carbocycles. The Morgan fingerprint density at radius 1 is 1.43 bits per heavy atom. The van der Waals surface area contributed by atoms with Crippen molar-refractivity contribution in [3.63, 3.8) is 0 Å². The van der Waals surface area contributed by atoms with Crippen LogP contribution in [0.15, 0.2) is 0 Å². The third-order valence-electron chi connectivity index (χ3n) is 0.839. The van der Waals surface area contributed by atoms with Crippen LogP contribution in [0.2, 0.25) is 5.32 Å². The summed E-state index contributed by atoms with van der Waals surface area (Å²) in [6.07, 6.45) is 3.76. The Balaban J connectivity index is 2.45. The van der Waals surface area contributed by atoms with Crippen molar-refractivity contribution in [3.8, 4) is 0 Å². The van der Waals surface area contributed by atoms with E-state index in [1.807, 2.05) is 0 Å². The summed E-state index contributed by atoms with van der Waals surface area (Å²) in [6, 6.07) is 0. The molecule has 0 rings (SSSR count). The number of hydrogen-bond donors (Lipinski definition) is 1. The molecule has 0 saturated heterocycles. The zero-order chi connectivity index (χ0) is 5.54. The molecule has 0 fully saturated rings. The summed E-state index contributed by atoms with van der Waals surface area (Å²) in [7, 11) is 0. The molecule has 0 saturated carbocycles. The van der Waals surface area contributed by atoms with E-state index in [9.17, 15) is 0 Å². The molecule has 0 aliphatic heterocycles. The Kier molecular flexibility index (Phi) is 6.92. The average molecular weight is 167 g/mol. The zero-order valence-electron chi connectivity index (χ0n) is 4.68. The molecule has 0 aromatic heterocycles. The molecule has 44 valence electrons. The van der Waals surface area contributed by atoms with Crippen LogP contribution >= 0.6 is 0 Å². The van der Waals surface area contributed by atoms with E-state index in [0.29, 0.717) is 0 Å². The molecule has 0 aromatic rings. The van der Waals surface area contributed by atoms with Crippen molar-refractivity contribution in [1.29, 1.82) is 0 Å². The average Bonchev–Trinajstić information content (AvgIpc) is 1.69. The molecule has 0 unspecified atom stereocenters. The summed E-state index contributed by atoms with van der Waals surface area (Å²) in [5.74, 6) is 0. The molecular formula is C5H12OSe. The van der Waals surface area contributed by atoms with Crippen LogP contribution in [0.1, 0.15) is 26.2 Å². The number of hydrogen-bond acceptors (Lipinski definition) is 1. The molecule has 1 nitrogen and oxygen atoms in total. The van der Waals surface area contributed by atoms with Crippen molar-refractivity contribution in [1.82, 2.24) is 0 Å². The quantitative estimate of drug-likeness (QED) is 0.492. The Morgan fingerprint density at radius 2 is 2.14 bits per heavy atom. The van der Waals surface area contributed by atoms with Gasteiger partial charge in [0, 0.05) is 0 Å². The predicted molar refractivity (Wildman–Crippen MR) is 32.3 cm³/mol. The van der Waals surface area contributed by atoms with Crippen LogP contribution in [0.3, 0.4) is 0 Å². The van der Waals surface area contributed by atoms with Crippen LogP contribution in [-0.4, -0.2) is 19.5 Å². The van der Waals surface area contributed by atoms with E-state index < -0.39 is 0 Å². The second-order valence-electron chi connectivity index (χ2n) is 1.54. The van der Waals surface area contributed by atoms with Crippen molar-refractivity contribution in [2.75, 3.05) is 0 Å². The zero-order valence-corrected chi connectivity index (χ0v) is 6.40. The summed E-state index contributed by atoms with van der Waals surface area (Å²) in [5.41, 5.74) is 0. The van der Waals surface area contributed by atoms with Crippen LogP contribution in [0, 0.1) is 0 Å². The molecule has 0 heterocycles. The fraction of sp³-hybridized carbons (Fsp3) is 1.00. The first kappa shape index (κ1) is 7.48. The maximum absolute atomic E-state index is 8.36. The summed E-state index contributed by atoms with van der Waals surface area (Å²) in [5, 5.41) is 1.04. The first-order valence-electron chi connectivity index (χ1n) is 2.68. The van der Waals surface area contributed by atoms with Gasteiger partial charge in [-0.2, -0.15) is 0 Å². The minimum atomic E-state index is -0.0742. The van der Waals surface area contributed by atoms with E-state index in [0.717, 1.165) is 5.32 Å². The van der Waals surface area contributed by atoms with Gasteiger partial charge in [-0.3, -0.25) is 0 Å². The van der Waals surface area contributed by atoms with Crippen LogP contribution in [0.4, 0.5) is 0 Å². The summed E-state index contributed by atoms with van der Waals surface area (Å²) >= 11 is -0.0742. The molecular weight excluding hydrogens is 155 g/mol. The molecule has 0 radical (unpaired) electrons. The predicted octanol–water partition coefficient (Wildman–Crippen LogP) is 1.21. The Hall–Kier alpha value is 0.479. The van der Waals surface area contributed by atoms with E-state index in [4.69, 9.17) is 4.19 Å². The van der Waals surface area contributed by atoms with E-state index in [-0.39, 0.29) is 15.3 Å². The van der Waals surface area contributed by atoms with Crippen LogP contribution in [-0.2, 0) is 0 Å². The van der Waals surface area contributed by atoms with Crippen LogP contribution in [0.25, 0.3) is 0 Å². The van der Waals surface area contributed by atoms with E-state index in [1.54, 1.807) is 0 Å². The van der Waals surface area contributed by atoms with Crippen LogP contribution < -0.4 is 0 Å². The van der Waals surface area contributed by atoms with E-state index in [1.165, 1.54) is 19.3 Å². The topological polar surface area (TPSA) is 20.2 Å². The van der Waals surface area contributed by atoms with Crippen LogP contribution in [0.5, 0.6) is 0 Å². The SMILES string of the molecule is CCCCC[Se]O. The maximum atomic E-state index is 8.36. The van der Waals surface area contributed by atoms with Gasteiger partial charge in [0.05, 0.1) is 0 Å². The molecule has 0 atom stereocenters. The third-order valence-corrected chi connectivity index (χ3v) is 1.83. The van der Waals surface area contributed by atoms with Crippen molar-refractivity contribution >= 4 is 15.3 Å².